The third-order valence-electron chi connectivity index (χ3n) is 4.78. The Morgan fingerprint density at radius 3 is 2.09 bits per heavy atom. The van der Waals surface area contributed by atoms with E-state index in [-0.39, 0.29) is 30.4 Å². The van der Waals surface area contributed by atoms with Crippen molar-refractivity contribution in [2.75, 3.05) is 0 Å². The van der Waals surface area contributed by atoms with Crippen molar-refractivity contribution in [1.29, 1.82) is 0 Å². The molecule has 2 atom stereocenters. The molecule has 0 aliphatic carbocycles. The summed E-state index contributed by atoms with van der Waals surface area (Å²) in [6, 6.07) is 3.10. The Hall–Kier alpha value is -2.45. The van der Waals surface area contributed by atoms with Crippen LogP contribution in [0.1, 0.15) is 86.3 Å². The second-order valence-corrected chi connectivity index (χ2v) is 11.7. The molecule has 0 saturated carbocycles. The zero-order valence-electron chi connectivity index (χ0n) is 22.1. The normalized spacial score (nSPS) is 14.3. The lowest BCUT2D eigenvalue weighted by molar-refractivity contribution is -0.162. The third kappa shape index (κ3) is 10.7. The van der Waals surface area contributed by atoms with Crippen LogP contribution < -0.4 is 11.1 Å². The molecule has 0 heterocycles. The Morgan fingerprint density at radius 1 is 1.00 bits per heavy atom. The smallest absolute Gasteiger partial charge is 0.330 e. The lowest BCUT2D eigenvalue weighted by Gasteiger charge is -2.27. The number of nitrogens with two attached hydrogens (primary N) is 1. The van der Waals surface area contributed by atoms with E-state index in [1.807, 2.05) is 41.5 Å². The molecule has 0 aromatic heterocycles. The largest absolute Gasteiger partial charge is 0.508 e. The lowest BCUT2D eigenvalue weighted by Crippen LogP contribution is -2.50. The molecule has 0 fully saturated rings. The number of aromatic hydroxyl groups is 1. The predicted molar refractivity (Wildman–Crippen MR) is 131 cm³/mol. The minimum Gasteiger partial charge on any atom is -0.508 e. The molecule has 1 rings (SSSR count). The molecule has 34 heavy (non-hydrogen) atoms. The van der Waals surface area contributed by atoms with E-state index >= 15 is 0 Å². The van der Waals surface area contributed by atoms with E-state index in [0.29, 0.717) is 0 Å². The van der Waals surface area contributed by atoms with Gasteiger partial charge < -0.3 is 20.3 Å². The van der Waals surface area contributed by atoms with E-state index in [9.17, 15) is 19.5 Å². The number of ether oxygens (including phenoxy) is 2. The number of rotatable bonds is 8. The van der Waals surface area contributed by atoms with E-state index in [1.165, 1.54) is 0 Å². The number of hydrogen-bond donors (Lipinski definition) is 3. The summed E-state index contributed by atoms with van der Waals surface area (Å²) < 4.78 is 10.4. The van der Waals surface area contributed by atoms with Gasteiger partial charge in [0, 0.05) is 12.0 Å². The first-order valence-corrected chi connectivity index (χ1v) is 11.6. The first kappa shape index (κ1) is 29.6. The first-order chi connectivity index (χ1) is 15.3. The van der Waals surface area contributed by atoms with E-state index in [4.69, 9.17) is 15.2 Å². The van der Waals surface area contributed by atoms with Gasteiger partial charge >= 0.3 is 17.9 Å². The standard InChI is InChI=1S/C26H42N2O6/c1-24(2,3)17-14-16(10-12-20(17)29)15-18(27)22(31)33-23(32)19(28-25(4,5)6)11-13-21(30)34-26(7,8)9/h10,12,14,18-19,28-29H,11,13,15,27H2,1-9H3/t18-,19-/m0/s1. The topological polar surface area (TPSA) is 128 Å². The van der Waals surface area contributed by atoms with Gasteiger partial charge in [0.25, 0.3) is 0 Å². The van der Waals surface area contributed by atoms with Gasteiger partial charge in [-0.15, -0.1) is 0 Å². The molecule has 0 aliphatic rings. The van der Waals surface area contributed by atoms with Gasteiger partial charge in [-0.1, -0.05) is 32.9 Å². The van der Waals surface area contributed by atoms with Crippen molar-refractivity contribution >= 4 is 17.9 Å². The minimum atomic E-state index is -1.07. The molecule has 0 spiro atoms. The van der Waals surface area contributed by atoms with Crippen LogP contribution in [0.25, 0.3) is 0 Å². The second kappa shape index (κ2) is 11.3. The van der Waals surface area contributed by atoms with E-state index in [0.717, 1.165) is 11.1 Å². The minimum absolute atomic E-state index is 0.0105. The number of nitrogens with one attached hydrogen (secondary N) is 1. The molecule has 0 aliphatic heterocycles. The zero-order valence-corrected chi connectivity index (χ0v) is 22.1. The van der Waals surface area contributed by atoms with Crippen LogP contribution in [0.15, 0.2) is 18.2 Å². The van der Waals surface area contributed by atoms with Crippen LogP contribution in [-0.2, 0) is 35.7 Å². The molecule has 8 nitrogen and oxygen atoms in total. The number of carbonyl (C=O) groups is 3. The van der Waals surface area contributed by atoms with Crippen LogP contribution in [0.2, 0.25) is 0 Å². The summed E-state index contributed by atoms with van der Waals surface area (Å²) in [7, 11) is 0. The van der Waals surface area contributed by atoms with Gasteiger partial charge in [0.2, 0.25) is 0 Å². The molecular formula is C26H42N2O6. The fourth-order valence-electron chi connectivity index (χ4n) is 3.32. The molecule has 0 radical (unpaired) electrons. The van der Waals surface area contributed by atoms with Gasteiger partial charge in [-0.05, 0) is 77.0 Å². The quantitative estimate of drug-likeness (QED) is 0.383. The summed E-state index contributed by atoms with van der Waals surface area (Å²) in [5.74, 6) is -1.91. The molecule has 0 saturated heterocycles. The van der Waals surface area contributed by atoms with Crippen molar-refractivity contribution in [2.24, 2.45) is 5.73 Å². The molecule has 1 aromatic carbocycles. The molecule has 0 amide bonds. The fourth-order valence-corrected chi connectivity index (χ4v) is 3.32. The van der Waals surface area contributed by atoms with Gasteiger partial charge in [-0.2, -0.15) is 0 Å². The van der Waals surface area contributed by atoms with Crippen LogP contribution in [0.4, 0.5) is 0 Å². The van der Waals surface area contributed by atoms with E-state index in [2.05, 4.69) is 5.32 Å². The van der Waals surface area contributed by atoms with E-state index in [1.54, 1.807) is 39.0 Å². The van der Waals surface area contributed by atoms with E-state index < -0.39 is 41.1 Å². The Bertz CT molecular complexity index is 875. The molecule has 0 unspecified atom stereocenters. The summed E-state index contributed by atoms with van der Waals surface area (Å²) in [6.07, 6.45) is 0.245. The van der Waals surface area contributed by atoms with Crippen LogP contribution in [0.3, 0.4) is 0 Å². The fraction of sp³-hybridized carbons (Fsp3) is 0.654. The number of phenols is 1. The molecule has 1 aromatic rings. The highest BCUT2D eigenvalue weighted by molar-refractivity contribution is 5.91. The Labute approximate surface area is 203 Å². The van der Waals surface area contributed by atoms with Crippen LogP contribution in [-0.4, -0.2) is 46.2 Å². The van der Waals surface area contributed by atoms with Gasteiger partial charge in [0.05, 0.1) is 0 Å². The maximum absolute atomic E-state index is 12.8. The Morgan fingerprint density at radius 2 is 1.59 bits per heavy atom. The lowest BCUT2D eigenvalue weighted by atomic mass is 9.85. The Kier molecular flexibility index (Phi) is 9.85. The number of carbonyl (C=O) groups excluding carboxylic acids is 3. The first-order valence-electron chi connectivity index (χ1n) is 11.6. The molecule has 8 heteroatoms. The van der Waals surface area contributed by atoms with Crippen molar-refractivity contribution in [3.63, 3.8) is 0 Å². The summed E-state index contributed by atoms with van der Waals surface area (Å²) in [6.45, 7) is 16.8. The summed E-state index contributed by atoms with van der Waals surface area (Å²) >= 11 is 0. The summed E-state index contributed by atoms with van der Waals surface area (Å²) in [5.41, 5.74) is 6.13. The number of benzene rings is 1. The average Bonchev–Trinajstić information content (AvgIpc) is 2.63. The van der Waals surface area contributed by atoms with Crippen molar-refractivity contribution in [3.8, 4) is 5.75 Å². The van der Waals surface area contributed by atoms with Crippen molar-refractivity contribution in [1.82, 2.24) is 5.32 Å². The molecule has 0 bridgehead atoms. The van der Waals surface area contributed by atoms with Crippen molar-refractivity contribution < 1.29 is 29.0 Å². The monoisotopic (exact) mass is 478 g/mol. The number of phenolic OH excluding ortho intramolecular Hbond substituents is 1. The maximum Gasteiger partial charge on any atom is 0.330 e. The van der Waals surface area contributed by atoms with Crippen LogP contribution in [0, 0.1) is 0 Å². The molecule has 192 valence electrons. The van der Waals surface area contributed by atoms with Gasteiger partial charge in [-0.25, -0.2) is 9.59 Å². The molecule has 4 N–H and O–H groups in total. The highest BCUT2D eigenvalue weighted by Crippen LogP contribution is 2.31. The number of esters is 3. The summed E-state index contributed by atoms with van der Waals surface area (Å²) in [4.78, 5) is 37.4. The molecular weight excluding hydrogens is 436 g/mol. The third-order valence-corrected chi connectivity index (χ3v) is 4.78. The highest BCUT2D eigenvalue weighted by Gasteiger charge is 2.30. The average molecular weight is 479 g/mol. The van der Waals surface area contributed by atoms with Crippen molar-refractivity contribution in [2.45, 2.75) is 110 Å². The summed E-state index contributed by atoms with van der Waals surface area (Å²) in [5, 5.41) is 13.2. The van der Waals surface area contributed by atoms with Crippen LogP contribution in [0.5, 0.6) is 5.75 Å². The maximum atomic E-state index is 12.8. The number of hydrogen-bond acceptors (Lipinski definition) is 8. The second-order valence-electron chi connectivity index (χ2n) is 11.7. The van der Waals surface area contributed by atoms with Gasteiger partial charge in [0.1, 0.15) is 23.4 Å². The van der Waals surface area contributed by atoms with Gasteiger partial charge in [0.15, 0.2) is 0 Å². The van der Waals surface area contributed by atoms with Crippen molar-refractivity contribution in [3.05, 3.63) is 29.3 Å². The SMILES string of the molecule is CC(C)(C)N[C@@H](CCC(=O)OC(C)(C)C)C(=O)OC(=O)[C@@H](N)Cc1ccc(O)c(C(C)(C)C)c1. The van der Waals surface area contributed by atoms with Gasteiger partial charge in [-0.3, -0.25) is 10.1 Å². The highest BCUT2D eigenvalue weighted by atomic mass is 16.6. The predicted octanol–water partition coefficient (Wildman–Crippen LogP) is 3.51. The Balaban J connectivity index is 2.85. The zero-order chi connectivity index (χ0) is 26.5. The van der Waals surface area contributed by atoms with Crippen LogP contribution >= 0.6 is 0 Å².